The van der Waals surface area contributed by atoms with E-state index >= 15 is 0 Å². The normalized spacial score (nSPS) is 17.6. The molecule has 0 bridgehead atoms. The number of ether oxygens (including phenoxy) is 2. The fourth-order valence-corrected chi connectivity index (χ4v) is 5.88. The number of nitro benzene ring substituents is 1. The van der Waals surface area contributed by atoms with Crippen molar-refractivity contribution in [2.75, 3.05) is 5.73 Å². The molecule has 41 heavy (non-hydrogen) atoms. The van der Waals surface area contributed by atoms with Gasteiger partial charge in [0.15, 0.2) is 5.75 Å². The maximum Gasteiger partial charge on any atom is 0.345 e. The maximum absolute atomic E-state index is 12.9. The second-order valence-electron chi connectivity index (χ2n) is 11.9. The minimum atomic E-state index is -0.729. The molecule has 1 atom stereocenters. The molecule has 0 amide bonds. The fraction of sp³-hybridized carbons (Fsp3) is 0.618. The van der Waals surface area contributed by atoms with Gasteiger partial charge in [0, 0.05) is 12.1 Å². The monoisotopic (exact) mass is 566 g/mol. The number of nitrogens with zero attached hydrogens (tertiary/aromatic N) is 1. The van der Waals surface area contributed by atoms with E-state index in [2.05, 4.69) is 13.8 Å². The van der Waals surface area contributed by atoms with Gasteiger partial charge in [-0.1, -0.05) is 96.6 Å². The number of aryl methyl sites for hydroxylation is 1. The molecule has 0 unspecified atom stereocenters. The van der Waals surface area contributed by atoms with Crippen molar-refractivity contribution in [1.29, 1.82) is 0 Å². The van der Waals surface area contributed by atoms with Gasteiger partial charge in [0.1, 0.15) is 5.75 Å². The Labute approximate surface area is 246 Å². The van der Waals surface area contributed by atoms with Crippen molar-refractivity contribution in [2.45, 2.75) is 123 Å². The van der Waals surface area contributed by atoms with Crippen LogP contribution in [0.5, 0.6) is 11.5 Å². The van der Waals surface area contributed by atoms with Crippen molar-refractivity contribution in [3.05, 3.63) is 57.6 Å². The van der Waals surface area contributed by atoms with Crippen molar-refractivity contribution in [3.63, 3.8) is 0 Å². The Morgan fingerprint density at radius 3 is 2.22 bits per heavy atom. The number of anilines is 1. The highest BCUT2D eigenvalue weighted by Crippen LogP contribution is 2.35. The lowest BCUT2D eigenvalue weighted by molar-refractivity contribution is -0.386. The number of esters is 1. The Kier molecular flexibility index (Phi) is 13.4. The Hall–Kier alpha value is -3.09. The van der Waals surface area contributed by atoms with E-state index in [1.165, 1.54) is 69.4 Å². The number of carbonyl (C=O) groups excluding carboxylic acids is 1. The van der Waals surface area contributed by atoms with E-state index in [9.17, 15) is 14.9 Å². The molecule has 0 heterocycles. The van der Waals surface area contributed by atoms with Gasteiger partial charge in [-0.15, -0.1) is 0 Å². The second kappa shape index (κ2) is 17.0. The summed E-state index contributed by atoms with van der Waals surface area (Å²) in [4.78, 5) is 24.1. The Bertz CT molecular complexity index is 1090. The SMILES string of the molecule is CCCCCC[C@@H](C)Oc1cc(N)c(C(=O)Oc2ccc(CCC3CCC(CCCCC)CC3)cc2)cc1[N+](=O)[O-]. The Morgan fingerprint density at radius 2 is 1.59 bits per heavy atom. The van der Waals surface area contributed by atoms with Crippen LogP contribution in [0, 0.1) is 22.0 Å². The lowest BCUT2D eigenvalue weighted by Gasteiger charge is -2.28. The van der Waals surface area contributed by atoms with E-state index in [1.54, 1.807) is 12.1 Å². The number of hydrogen-bond donors (Lipinski definition) is 1. The predicted octanol–water partition coefficient (Wildman–Crippen LogP) is 9.45. The highest BCUT2D eigenvalue weighted by molar-refractivity contribution is 5.97. The molecule has 1 fully saturated rings. The fourth-order valence-electron chi connectivity index (χ4n) is 5.88. The number of nitrogens with two attached hydrogens (primary N) is 1. The van der Waals surface area contributed by atoms with Crippen molar-refractivity contribution in [2.24, 2.45) is 11.8 Å². The second-order valence-corrected chi connectivity index (χ2v) is 11.9. The van der Waals surface area contributed by atoms with Gasteiger partial charge in [0.05, 0.1) is 22.3 Å². The van der Waals surface area contributed by atoms with Crippen LogP contribution in [0.15, 0.2) is 36.4 Å². The van der Waals surface area contributed by atoms with Crippen LogP contribution in [0.2, 0.25) is 0 Å². The van der Waals surface area contributed by atoms with Crippen molar-refractivity contribution < 1.29 is 19.2 Å². The van der Waals surface area contributed by atoms with Crippen molar-refractivity contribution in [3.8, 4) is 11.5 Å². The lowest BCUT2D eigenvalue weighted by Crippen LogP contribution is -2.15. The summed E-state index contributed by atoms with van der Waals surface area (Å²) in [6.45, 7) is 6.30. The highest BCUT2D eigenvalue weighted by atomic mass is 16.6. The summed E-state index contributed by atoms with van der Waals surface area (Å²) in [5, 5.41) is 11.8. The number of nitrogen functional groups attached to an aromatic ring is 1. The first-order valence-electron chi connectivity index (χ1n) is 15.9. The van der Waals surface area contributed by atoms with Crippen LogP contribution in [0.4, 0.5) is 11.4 Å². The number of hydrogen-bond acceptors (Lipinski definition) is 6. The van der Waals surface area contributed by atoms with Gasteiger partial charge in [-0.2, -0.15) is 0 Å². The molecule has 226 valence electrons. The molecule has 0 aromatic heterocycles. The molecule has 1 aliphatic rings. The van der Waals surface area contributed by atoms with Gasteiger partial charge in [0.25, 0.3) is 0 Å². The van der Waals surface area contributed by atoms with Crippen molar-refractivity contribution >= 4 is 17.3 Å². The zero-order valence-corrected chi connectivity index (χ0v) is 25.4. The number of unbranched alkanes of at least 4 members (excludes halogenated alkanes) is 5. The zero-order chi connectivity index (χ0) is 29.6. The van der Waals surface area contributed by atoms with Gasteiger partial charge >= 0.3 is 11.7 Å². The summed E-state index contributed by atoms with van der Waals surface area (Å²) in [5.41, 5.74) is 7.09. The van der Waals surface area contributed by atoms with Crippen LogP contribution < -0.4 is 15.2 Å². The minimum Gasteiger partial charge on any atom is -0.484 e. The molecule has 0 saturated heterocycles. The number of benzene rings is 2. The highest BCUT2D eigenvalue weighted by Gasteiger charge is 2.25. The average Bonchev–Trinajstić information content (AvgIpc) is 2.95. The molecule has 7 heteroatoms. The van der Waals surface area contributed by atoms with Crippen molar-refractivity contribution in [1.82, 2.24) is 0 Å². The molecule has 0 aliphatic heterocycles. The Morgan fingerprint density at radius 1 is 0.951 bits per heavy atom. The summed E-state index contributed by atoms with van der Waals surface area (Å²) in [6, 6.07) is 10.1. The van der Waals surface area contributed by atoms with Gasteiger partial charge in [-0.3, -0.25) is 10.1 Å². The van der Waals surface area contributed by atoms with E-state index < -0.39 is 10.9 Å². The standard InChI is InChI=1S/C34H50N2O5/c1-4-6-8-10-11-25(3)40-33-24-31(35)30(23-32(33)36(38)39)34(37)41-29-21-19-28(20-22-29)18-17-27-15-13-26(14-16-27)12-9-7-5-2/h19-27H,4-18,35H2,1-3H3/t25-,26?,27?/m1/s1. The molecule has 1 saturated carbocycles. The maximum atomic E-state index is 12.9. The molecule has 7 nitrogen and oxygen atoms in total. The molecule has 0 spiro atoms. The third-order valence-electron chi connectivity index (χ3n) is 8.50. The van der Waals surface area contributed by atoms with Crippen LogP contribution in [0.1, 0.15) is 127 Å². The largest absolute Gasteiger partial charge is 0.484 e. The summed E-state index contributed by atoms with van der Waals surface area (Å²) in [6.07, 6.45) is 18.0. The van der Waals surface area contributed by atoms with E-state index in [0.717, 1.165) is 56.4 Å². The first-order valence-corrected chi connectivity index (χ1v) is 15.9. The van der Waals surface area contributed by atoms with E-state index in [-0.39, 0.29) is 28.8 Å². The third kappa shape index (κ3) is 10.7. The molecule has 2 N–H and O–H groups in total. The van der Waals surface area contributed by atoms with E-state index in [0.29, 0.717) is 5.75 Å². The molecular formula is C34H50N2O5. The van der Waals surface area contributed by atoms with E-state index in [1.807, 2.05) is 19.1 Å². The zero-order valence-electron chi connectivity index (χ0n) is 25.4. The summed E-state index contributed by atoms with van der Waals surface area (Å²) < 4.78 is 11.4. The van der Waals surface area contributed by atoms with Gasteiger partial charge in [-0.25, -0.2) is 4.79 Å². The lowest BCUT2D eigenvalue weighted by atomic mass is 9.78. The van der Waals surface area contributed by atoms with E-state index in [4.69, 9.17) is 15.2 Å². The first kappa shape index (κ1) is 32.4. The molecule has 2 aromatic rings. The summed E-state index contributed by atoms with van der Waals surface area (Å²) in [7, 11) is 0. The van der Waals surface area contributed by atoms with Gasteiger partial charge < -0.3 is 15.2 Å². The number of nitro groups is 1. The molecular weight excluding hydrogens is 516 g/mol. The molecule has 2 aromatic carbocycles. The van der Waals surface area contributed by atoms with Crippen LogP contribution >= 0.6 is 0 Å². The summed E-state index contributed by atoms with van der Waals surface area (Å²) in [5.74, 6) is 1.45. The van der Waals surface area contributed by atoms with Crippen LogP contribution in [0.3, 0.4) is 0 Å². The van der Waals surface area contributed by atoms with Crippen LogP contribution in [-0.2, 0) is 6.42 Å². The summed E-state index contributed by atoms with van der Waals surface area (Å²) >= 11 is 0. The molecule has 1 aliphatic carbocycles. The topological polar surface area (TPSA) is 105 Å². The van der Waals surface area contributed by atoms with Gasteiger partial charge in [0.2, 0.25) is 0 Å². The molecule has 0 radical (unpaired) electrons. The third-order valence-corrected chi connectivity index (χ3v) is 8.50. The number of rotatable bonds is 17. The quantitative estimate of drug-likeness (QED) is 0.0510. The van der Waals surface area contributed by atoms with Crippen LogP contribution in [0.25, 0.3) is 0 Å². The Balaban J connectivity index is 1.52. The molecule has 3 rings (SSSR count). The van der Waals surface area contributed by atoms with Crippen LogP contribution in [-0.4, -0.2) is 17.0 Å². The van der Waals surface area contributed by atoms with Gasteiger partial charge in [-0.05, 0) is 62.1 Å². The average molecular weight is 567 g/mol. The predicted molar refractivity (Wildman–Crippen MR) is 166 cm³/mol. The number of carbonyl (C=O) groups is 1. The first-order chi connectivity index (χ1) is 19.8. The smallest absolute Gasteiger partial charge is 0.345 e. The minimum absolute atomic E-state index is 0.0472.